The molecule has 0 aliphatic heterocycles. The van der Waals surface area contributed by atoms with Crippen molar-refractivity contribution in [3.63, 3.8) is 0 Å². The Morgan fingerprint density at radius 3 is 2.81 bits per heavy atom. The number of amides is 1. The van der Waals surface area contributed by atoms with Crippen LogP contribution in [0.4, 0.5) is 6.01 Å². The summed E-state index contributed by atoms with van der Waals surface area (Å²) >= 11 is 5.96. The lowest BCUT2D eigenvalue weighted by molar-refractivity contribution is -0.114. The lowest BCUT2D eigenvalue weighted by atomic mass is 10.2. The fourth-order valence-electron chi connectivity index (χ4n) is 1.17. The molecule has 0 saturated carbocycles. The first kappa shape index (κ1) is 10.6. The molecule has 5 nitrogen and oxygen atoms in total. The number of nitrogens with zero attached hydrogens (tertiary/aromatic N) is 2. The summed E-state index contributed by atoms with van der Waals surface area (Å²) in [5.41, 5.74) is 0.633. The largest absolute Gasteiger partial charge is 0.403 e. The van der Waals surface area contributed by atoms with Gasteiger partial charge in [0.2, 0.25) is 5.91 Å². The molecule has 0 radical (unpaired) electrons. The molecular weight excluding hydrogens is 230 g/mol. The molecule has 1 amide bonds. The van der Waals surface area contributed by atoms with E-state index in [1.807, 2.05) is 6.07 Å². The maximum Gasteiger partial charge on any atom is 0.322 e. The minimum atomic E-state index is -0.269. The Morgan fingerprint density at radius 2 is 2.12 bits per heavy atom. The number of hydrogen-bond acceptors (Lipinski definition) is 4. The second-order valence-corrected chi connectivity index (χ2v) is 3.48. The van der Waals surface area contributed by atoms with Gasteiger partial charge in [-0.05, 0) is 12.1 Å². The molecule has 2 aromatic rings. The highest BCUT2D eigenvalue weighted by Crippen LogP contribution is 2.27. The third-order valence-corrected chi connectivity index (χ3v) is 2.14. The Morgan fingerprint density at radius 1 is 1.38 bits per heavy atom. The Hall–Kier alpha value is -1.88. The molecule has 0 atom stereocenters. The summed E-state index contributed by atoms with van der Waals surface area (Å²) in [7, 11) is 0. The van der Waals surface area contributed by atoms with E-state index in [0.29, 0.717) is 10.6 Å². The normalized spacial score (nSPS) is 10.1. The Kier molecular flexibility index (Phi) is 2.87. The highest BCUT2D eigenvalue weighted by Gasteiger charge is 2.11. The van der Waals surface area contributed by atoms with Crippen molar-refractivity contribution in [2.24, 2.45) is 0 Å². The quantitative estimate of drug-likeness (QED) is 0.871. The van der Waals surface area contributed by atoms with Gasteiger partial charge in [0.1, 0.15) is 0 Å². The molecule has 1 aromatic heterocycles. The van der Waals surface area contributed by atoms with E-state index in [1.54, 1.807) is 18.2 Å². The highest BCUT2D eigenvalue weighted by atomic mass is 35.5. The molecule has 1 aromatic carbocycles. The summed E-state index contributed by atoms with van der Waals surface area (Å²) in [6.45, 7) is 1.36. The predicted molar refractivity (Wildman–Crippen MR) is 59.0 cm³/mol. The van der Waals surface area contributed by atoms with Crippen molar-refractivity contribution in [1.82, 2.24) is 10.2 Å². The molecule has 0 fully saturated rings. The second-order valence-electron chi connectivity index (χ2n) is 3.07. The van der Waals surface area contributed by atoms with Crippen LogP contribution in [0, 0.1) is 0 Å². The highest BCUT2D eigenvalue weighted by molar-refractivity contribution is 6.33. The summed E-state index contributed by atoms with van der Waals surface area (Å²) in [4.78, 5) is 10.8. The number of nitrogens with one attached hydrogen (secondary N) is 1. The van der Waals surface area contributed by atoms with Crippen LogP contribution in [0.1, 0.15) is 6.92 Å². The summed E-state index contributed by atoms with van der Waals surface area (Å²) in [6, 6.07) is 7.15. The molecule has 2 rings (SSSR count). The molecule has 6 heteroatoms. The van der Waals surface area contributed by atoms with Gasteiger partial charge in [0.15, 0.2) is 0 Å². The number of aromatic nitrogens is 2. The van der Waals surface area contributed by atoms with Crippen LogP contribution in [-0.4, -0.2) is 16.1 Å². The van der Waals surface area contributed by atoms with Crippen LogP contribution in [0.5, 0.6) is 0 Å². The van der Waals surface area contributed by atoms with Gasteiger partial charge >= 0.3 is 6.01 Å². The molecule has 0 unspecified atom stereocenters. The Balaban J connectivity index is 2.32. The molecule has 0 bridgehead atoms. The molecule has 0 saturated heterocycles. The van der Waals surface area contributed by atoms with E-state index >= 15 is 0 Å². The Bertz CT molecular complexity index is 524. The lowest BCUT2D eigenvalue weighted by Crippen LogP contribution is -2.05. The average Bonchev–Trinajstić information content (AvgIpc) is 2.66. The van der Waals surface area contributed by atoms with E-state index in [4.69, 9.17) is 16.0 Å². The molecule has 0 aliphatic rings. The van der Waals surface area contributed by atoms with Crippen molar-refractivity contribution in [3.05, 3.63) is 29.3 Å². The van der Waals surface area contributed by atoms with E-state index in [2.05, 4.69) is 15.5 Å². The van der Waals surface area contributed by atoms with Crippen LogP contribution < -0.4 is 5.32 Å². The van der Waals surface area contributed by atoms with Gasteiger partial charge in [-0.3, -0.25) is 10.1 Å². The zero-order chi connectivity index (χ0) is 11.5. The van der Waals surface area contributed by atoms with Gasteiger partial charge in [-0.1, -0.05) is 28.8 Å². The van der Waals surface area contributed by atoms with Crippen molar-refractivity contribution >= 4 is 23.5 Å². The molecule has 1 N–H and O–H groups in total. The van der Waals surface area contributed by atoms with Crippen LogP contribution in [0.15, 0.2) is 28.7 Å². The van der Waals surface area contributed by atoms with Crippen LogP contribution in [0.3, 0.4) is 0 Å². The first-order chi connectivity index (χ1) is 7.66. The third kappa shape index (κ3) is 2.20. The zero-order valence-electron chi connectivity index (χ0n) is 8.40. The van der Waals surface area contributed by atoms with Crippen LogP contribution in [-0.2, 0) is 4.79 Å². The number of carbonyl (C=O) groups excluding carboxylic acids is 1. The van der Waals surface area contributed by atoms with Gasteiger partial charge < -0.3 is 4.42 Å². The summed E-state index contributed by atoms with van der Waals surface area (Å²) < 4.78 is 5.22. The summed E-state index contributed by atoms with van der Waals surface area (Å²) in [6.07, 6.45) is 0. The van der Waals surface area contributed by atoms with Crippen LogP contribution in [0.25, 0.3) is 11.5 Å². The minimum absolute atomic E-state index is 0.0578. The SMILES string of the molecule is CC(=O)Nc1nnc(-c2ccccc2Cl)o1. The number of halogens is 1. The van der Waals surface area contributed by atoms with E-state index in [-0.39, 0.29) is 17.8 Å². The maximum absolute atomic E-state index is 10.8. The molecular formula is C10H8ClN3O2. The minimum Gasteiger partial charge on any atom is -0.403 e. The fourth-order valence-corrected chi connectivity index (χ4v) is 1.38. The van der Waals surface area contributed by atoms with E-state index in [1.165, 1.54) is 6.92 Å². The second kappa shape index (κ2) is 4.32. The maximum atomic E-state index is 10.8. The molecule has 0 aliphatic carbocycles. The molecule has 16 heavy (non-hydrogen) atoms. The van der Waals surface area contributed by atoms with Crippen LogP contribution >= 0.6 is 11.6 Å². The average molecular weight is 238 g/mol. The standard InChI is InChI=1S/C10H8ClN3O2/c1-6(15)12-10-14-13-9(16-10)7-4-2-3-5-8(7)11/h2-5H,1H3,(H,12,14,15). The third-order valence-electron chi connectivity index (χ3n) is 1.81. The summed E-state index contributed by atoms with van der Waals surface area (Å²) in [5.74, 6) is 0.00343. The monoisotopic (exact) mass is 237 g/mol. The Labute approximate surface area is 96.4 Å². The number of rotatable bonds is 2. The van der Waals surface area contributed by atoms with Gasteiger partial charge in [0.25, 0.3) is 5.89 Å². The first-order valence-electron chi connectivity index (χ1n) is 4.53. The number of benzene rings is 1. The first-order valence-corrected chi connectivity index (χ1v) is 4.90. The zero-order valence-corrected chi connectivity index (χ0v) is 9.15. The van der Waals surface area contributed by atoms with Crippen molar-refractivity contribution in [2.75, 3.05) is 5.32 Å². The molecule has 0 spiro atoms. The predicted octanol–water partition coefficient (Wildman–Crippen LogP) is 2.35. The van der Waals surface area contributed by atoms with Crippen LogP contribution in [0.2, 0.25) is 5.02 Å². The van der Waals surface area contributed by atoms with Crippen molar-refractivity contribution in [1.29, 1.82) is 0 Å². The van der Waals surface area contributed by atoms with Gasteiger partial charge in [-0.25, -0.2) is 0 Å². The summed E-state index contributed by atoms with van der Waals surface area (Å²) in [5, 5.41) is 10.4. The number of anilines is 1. The van der Waals surface area contributed by atoms with Gasteiger partial charge in [-0.15, -0.1) is 5.10 Å². The van der Waals surface area contributed by atoms with E-state index in [0.717, 1.165) is 0 Å². The van der Waals surface area contributed by atoms with Gasteiger partial charge in [-0.2, -0.15) is 0 Å². The number of hydrogen-bond donors (Lipinski definition) is 1. The molecule has 82 valence electrons. The van der Waals surface area contributed by atoms with E-state index in [9.17, 15) is 4.79 Å². The van der Waals surface area contributed by atoms with Crippen molar-refractivity contribution in [2.45, 2.75) is 6.92 Å². The van der Waals surface area contributed by atoms with Crippen molar-refractivity contribution in [3.8, 4) is 11.5 Å². The van der Waals surface area contributed by atoms with Crippen molar-refractivity contribution < 1.29 is 9.21 Å². The fraction of sp³-hybridized carbons (Fsp3) is 0.100. The number of carbonyl (C=O) groups is 1. The van der Waals surface area contributed by atoms with E-state index < -0.39 is 0 Å². The van der Waals surface area contributed by atoms with Gasteiger partial charge in [0.05, 0.1) is 10.6 Å². The smallest absolute Gasteiger partial charge is 0.322 e. The molecule has 1 heterocycles. The van der Waals surface area contributed by atoms with Gasteiger partial charge in [0, 0.05) is 6.92 Å². The topological polar surface area (TPSA) is 68.0 Å². The lowest BCUT2D eigenvalue weighted by Gasteiger charge is -1.96.